The van der Waals surface area contributed by atoms with Gasteiger partial charge in [0.1, 0.15) is 0 Å². The van der Waals surface area contributed by atoms with Gasteiger partial charge in [-0.1, -0.05) is 23.7 Å². The fraction of sp³-hybridized carbons (Fsp3) is 0.200. The molecule has 10 heteroatoms. The van der Waals surface area contributed by atoms with E-state index in [1.807, 2.05) is 0 Å². The molecule has 0 aliphatic rings. The zero-order valence-electron chi connectivity index (χ0n) is 16.1. The third kappa shape index (κ3) is 4.36. The third-order valence-electron chi connectivity index (χ3n) is 4.55. The Bertz CT molecular complexity index is 1190. The van der Waals surface area contributed by atoms with E-state index in [9.17, 15) is 22.0 Å². The maximum absolute atomic E-state index is 12.9. The Hall–Kier alpha value is -2.78. The molecule has 0 unspecified atom stereocenters. The molecule has 0 aliphatic carbocycles. The molecule has 6 nitrogen and oxygen atoms in total. The summed E-state index contributed by atoms with van der Waals surface area (Å²) in [6.07, 6.45) is -0.103. The van der Waals surface area contributed by atoms with Gasteiger partial charge in [0.05, 0.1) is 28.4 Å². The van der Waals surface area contributed by atoms with Crippen LogP contribution in [0, 0.1) is 13.8 Å². The van der Waals surface area contributed by atoms with Crippen LogP contribution in [0.3, 0.4) is 0 Å². The Morgan fingerprint density at radius 3 is 2.40 bits per heavy atom. The molecule has 0 aliphatic heterocycles. The maximum Gasteiger partial charge on any atom is 0.341 e. The number of nitrogens with one attached hydrogen (secondary N) is 1. The van der Waals surface area contributed by atoms with E-state index in [4.69, 9.17) is 11.6 Å². The van der Waals surface area contributed by atoms with Gasteiger partial charge in [-0.25, -0.2) is 13.1 Å². The second kappa shape index (κ2) is 8.53. The summed E-state index contributed by atoms with van der Waals surface area (Å²) in [6.45, 7) is 3.55. The number of halogens is 3. The second-order valence-electron chi connectivity index (χ2n) is 6.56. The lowest BCUT2D eigenvalue weighted by Gasteiger charge is -2.11. The highest BCUT2D eigenvalue weighted by molar-refractivity contribution is 7.91. The molecule has 0 bridgehead atoms. The monoisotopic (exact) mass is 453 g/mol. The number of hydrogen-bond donors (Lipinski definition) is 1. The van der Waals surface area contributed by atoms with Crippen molar-refractivity contribution in [3.05, 3.63) is 70.5 Å². The van der Waals surface area contributed by atoms with Crippen molar-refractivity contribution in [3.8, 4) is 5.69 Å². The van der Waals surface area contributed by atoms with Crippen LogP contribution in [0.25, 0.3) is 5.69 Å². The minimum Gasteiger partial charge on any atom is -0.325 e. The van der Waals surface area contributed by atoms with E-state index < -0.39 is 26.4 Å². The number of aryl methyl sites for hydroxylation is 1. The molecule has 0 saturated heterocycles. The van der Waals surface area contributed by atoms with Crippen LogP contribution in [0.5, 0.6) is 0 Å². The standard InChI is InChI=1S/C20H18ClF2N3O3S/c1-12-16(13(2)26(25-12)15-9-7-14(21)8-10-15)11-19(27)24-17-5-3-4-6-18(17)30(28,29)20(22)23/h3-10,20H,11H2,1-2H3,(H,24,27). The number of aromatic nitrogens is 2. The molecule has 3 aromatic rings. The number of rotatable bonds is 6. The van der Waals surface area contributed by atoms with Gasteiger partial charge in [0.25, 0.3) is 0 Å². The van der Waals surface area contributed by atoms with Crippen LogP contribution in [0.4, 0.5) is 14.5 Å². The molecular formula is C20H18ClF2N3O3S. The van der Waals surface area contributed by atoms with Crippen LogP contribution in [-0.4, -0.2) is 29.9 Å². The Kier molecular flexibility index (Phi) is 6.23. The molecule has 30 heavy (non-hydrogen) atoms. The van der Waals surface area contributed by atoms with Crippen molar-refractivity contribution in [2.75, 3.05) is 5.32 Å². The number of anilines is 1. The fourth-order valence-electron chi connectivity index (χ4n) is 3.03. The van der Waals surface area contributed by atoms with Crippen LogP contribution >= 0.6 is 11.6 Å². The third-order valence-corrected chi connectivity index (χ3v) is 6.24. The Balaban J connectivity index is 1.86. The molecule has 0 atom stereocenters. The largest absolute Gasteiger partial charge is 0.341 e. The highest BCUT2D eigenvalue weighted by atomic mass is 35.5. The molecule has 1 amide bonds. The average Bonchev–Trinajstić information content (AvgIpc) is 2.97. The number of para-hydroxylation sites is 1. The summed E-state index contributed by atoms with van der Waals surface area (Å²) in [5, 5.41) is 7.45. The summed E-state index contributed by atoms with van der Waals surface area (Å²) in [5.74, 6) is -4.13. The van der Waals surface area contributed by atoms with E-state index in [0.717, 1.165) is 17.4 Å². The fourth-order valence-corrected chi connectivity index (χ4v) is 4.05. The minimum atomic E-state index is -4.85. The van der Waals surface area contributed by atoms with Crippen LogP contribution in [0.1, 0.15) is 17.0 Å². The lowest BCUT2D eigenvalue weighted by molar-refractivity contribution is -0.115. The number of benzene rings is 2. The first-order valence-corrected chi connectivity index (χ1v) is 10.8. The van der Waals surface area contributed by atoms with Crippen LogP contribution < -0.4 is 5.32 Å². The van der Waals surface area contributed by atoms with Crippen LogP contribution in [-0.2, 0) is 21.1 Å². The highest BCUT2D eigenvalue weighted by Gasteiger charge is 2.29. The zero-order valence-corrected chi connectivity index (χ0v) is 17.6. The number of nitrogens with zero attached hydrogens (tertiary/aromatic N) is 2. The molecule has 158 valence electrons. The quantitative estimate of drug-likeness (QED) is 0.602. The molecule has 3 rings (SSSR count). The van der Waals surface area contributed by atoms with Crippen molar-refractivity contribution in [1.82, 2.24) is 9.78 Å². The zero-order chi connectivity index (χ0) is 22.1. The maximum atomic E-state index is 12.9. The number of sulfone groups is 1. The van der Waals surface area contributed by atoms with Gasteiger partial charge >= 0.3 is 5.76 Å². The first-order chi connectivity index (χ1) is 14.1. The molecule has 0 fully saturated rings. The molecular weight excluding hydrogens is 436 g/mol. The van der Waals surface area contributed by atoms with Crippen molar-refractivity contribution >= 4 is 33.0 Å². The van der Waals surface area contributed by atoms with E-state index in [0.29, 0.717) is 16.3 Å². The number of hydrogen-bond acceptors (Lipinski definition) is 4. The van der Waals surface area contributed by atoms with Gasteiger partial charge in [-0.05, 0) is 50.2 Å². The van der Waals surface area contributed by atoms with Gasteiger partial charge in [0.15, 0.2) is 0 Å². The molecule has 1 aromatic heterocycles. The predicted molar refractivity (Wildman–Crippen MR) is 110 cm³/mol. The van der Waals surface area contributed by atoms with Gasteiger partial charge in [-0.15, -0.1) is 0 Å². The van der Waals surface area contributed by atoms with E-state index in [2.05, 4.69) is 10.4 Å². The van der Waals surface area contributed by atoms with E-state index in [1.165, 1.54) is 18.2 Å². The van der Waals surface area contributed by atoms with E-state index in [-0.39, 0.29) is 12.1 Å². The van der Waals surface area contributed by atoms with Crippen LogP contribution in [0.15, 0.2) is 53.4 Å². The Morgan fingerprint density at radius 1 is 1.13 bits per heavy atom. The van der Waals surface area contributed by atoms with Crippen molar-refractivity contribution in [3.63, 3.8) is 0 Å². The number of carbonyl (C=O) groups is 1. The van der Waals surface area contributed by atoms with Crippen molar-refractivity contribution in [1.29, 1.82) is 0 Å². The van der Waals surface area contributed by atoms with Crippen molar-refractivity contribution < 1.29 is 22.0 Å². The normalized spacial score (nSPS) is 11.7. The minimum absolute atomic E-state index is 0.103. The SMILES string of the molecule is Cc1nn(-c2ccc(Cl)cc2)c(C)c1CC(=O)Nc1ccccc1S(=O)(=O)C(F)F. The summed E-state index contributed by atoms with van der Waals surface area (Å²) in [7, 11) is -4.85. The van der Waals surface area contributed by atoms with Gasteiger partial charge in [-0.2, -0.15) is 13.9 Å². The summed E-state index contributed by atoms with van der Waals surface area (Å²) >= 11 is 5.91. The summed E-state index contributed by atoms with van der Waals surface area (Å²) in [5.41, 5.74) is 2.56. The van der Waals surface area contributed by atoms with Crippen LogP contribution in [0.2, 0.25) is 5.02 Å². The molecule has 1 heterocycles. The van der Waals surface area contributed by atoms with Gasteiger partial charge in [0.2, 0.25) is 15.7 Å². The first-order valence-electron chi connectivity index (χ1n) is 8.83. The first kappa shape index (κ1) is 21.9. The molecule has 1 N–H and O–H groups in total. The molecule has 0 spiro atoms. The Morgan fingerprint density at radius 2 is 1.77 bits per heavy atom. The second-order valence-corrected chi connectivity index (χ2v) is 8.89. The molecule has 0 radical (unpaired) electrons. The lowest BCUT2D eigenvalue weighted by Crippen LogP contribution is -2.19. The van der Waals surface area contributed by atoms with Gasteiger partial charge in [0, 0.05) is 16.3 Å². The number of carbonyl (C=O) groups excluding carboxylic acids is 1. The predicted octanol–water partition coefficient (Wildman–Crippen LogP) is 4.32. The summed E-state index contributed by atoms with van der Waals surface area (Å²) < 4.78 is 51.3. The van der Waals surface area contributed by atoms with Crippen molar-refractivity contribution in [2.45, 2.75) is 30.9 Å². The topological polar surface area (TPSA) is 81.1 Å². The summed E-state index contributed by atoms with van der Waals surface area (Å²) in [4.78, 5) is 12.0. The highest BCUT2D eigenvalue weighted by Crippen LogP contribution is 2.27. The van der Waals surface area contributed by atoms with Gasteiger partial charge in [-0.3, -0.25) is 4.79 Å². The number of alkyl halides is 2. The average molecular weight is 454 g/mol. The molecule has 0 saturated carbocycles. The number of amides is 1. The van der Waals surface area contributed by atoms with E-state index in [1.54, 1.807) is 42.8 Å². The Labute approximate surface area is 177 Å². The summed E-state index contributed by atoms with van der Waals surface area (Å²) in [6, 6.07) is 12.1. The lowest BCUT2D eigenvalue weighted by atomic mass is 10.1. The van der Waals surface area contributed by atoms with E-state index >= 15 is 0 Å². The van der Waals surface area contributed by atoms with Gasteiger partial charge < -0.3 is 5.32 Å². The van der Waals surface area contributed by atoms with Crippen molar-refractivity contribution in [2.24, 2.45) is 0 Å². The molecule has 2 aromatic carbocycles. The smallest absolute Gasteiger partial charge is 0.325 e.